The first-order valence-electron chi connectivity index (χ1n) is 22.2. The molecule has 12 aromatic rings. The van der Waals surface area contributed by atoms with Gasteiger partial charge in [-0.05, 0) is 122 Å². The third-order valence-electron chi connectivity index (χ3n) is 12.6. The van der Waals surface area contributed by atoms with Crippen molar-refractivity contribution in [2.24, 2.45) is 0 Å². The Balaban J connectivity index is 1.07. The van der Waals surface area contributed by atoms with Gasteiger partial charge in [0, 0.05) is 34.2 Å². The quantitative estimate of drug-likeness (QED) is 0.144. The Hall–Kier alpha value is -8.66. The molecule has 0 aliphatic carbocycles. The highest BCUT2D eigenvalue weighted by Crippen LogP contribution is 2.49. The maximum atomic E-state index is 6.98. The molecule has 65 heavy (non-hydrogen) atoms. The molecule has 3 nitrogen and oxygen atoms in total. The Bertz CT molecular complexity index is 3640. The summed E-state index contributed by atoms with van der Waals surface area (Å²) in [5.74, 6) is 0. The zero-order valence-corrected chi connectivity index (χ0v) is 35.6. The minimum Gasteiger partial charge on any atom is -0.456 e. The van der Waals surface area contributed by atoms with Gasteiger partial charge in [-0.2, -0.15) is 0 Å². The van der Waals surface area contributed by atoms with Crippen LogP contribution in [0.15, 0.2) is 259 Å². The van der Waals surface area contributed by atoms with E-state index in [4.69, 9.17) is 4.42 Å². The van der Waals surface area contributed by atoms with E-state index in [0.29, 0.717) is 0 Å². The van der Waals surface area contributed by atoms with Gasteiger partial charge in [-0.1, -0.05) is 182 Å². The second-order valence-corrected chi connectivity index (χ2v) is 16.5. The van der Waals surface area contributed by atoms with Gasteiger partial charge >= 0.3 is 0 Å². The Morgan fingerprint density at radius 2 is 0.754 bits per heavy atom. The van der Waals surface area contributed by atoms with Crippen LogP contribution in [0.2, 0.25) is 0 Å². The lowest BCUT2D eigenvalue weighted by atomic mass is 9.92. The first-order chi connectivity index (χ1) is 32.2. The molecule has 0 atom stereocenters. The number of nitrogens with zero attached hydrogens (tertiary/aromatic N) is 2. The first-order valence-corrected chi connectivity index (χ1v) is 22.2. The van der Waals surface area contributed by atoms with E-state index in [0.717, 1.165) is 72.6 Å². The normalized spacial score (nSPS) is 11.4. The number of furan rings is 1. The molecule has 0 fully saturated rings. The Kier molecular flexibility index (Phi) is 9.50. The molecule has 1 heterocycles. The van der Waals surface area contributed by atoms with Crippen molar-refractivity contribution in [3.8, 4) is 33.4 Å². The molecular formula is C62H42N2O. The van der Waals surface area contributed by atoms with Crippen molar-refractivity contribution >= 4 is 77.6 Å². The molecule has 0 N–H and O–H groups in total. The summed E-state index contributed by atoms with van der Waals surface area (Å²) in [5.41, 5.74) is 15.0. The summed E-state index contributed by atoms with van der Waals surface area (Å²) in [7, 11) is 0. The lowest BCUT2D eigenvalue weighted by Crippen LogP contribution is -2.13. The van der Waals surface area contributed by atoms with Gasteiger partial charge in [0.1, 0.15) is 11.2 Å². The highest BCUT2D eigenvalue weighted by molar-refractivity contribution is 6.17. The second kappa shape index (κ2) is 16.2. The number of fused-ring (bicyclic) bond motifs is 5. The summed E-state index contributed by atoms with van der Waals surface area (Å²) in [6.07, 6.45) is 0. The fraction of sp³-hybridized carbons (Fsp3) is 0. The molecule has 0 amide bonds. The largest absolute Gasteiger partial charge is 0.456 e. The number of rotatable bonds is 9. The van der Waals surface area contributed by atoms with Crippen molar-refractivity contribution in [3.63, 3.8) is 0 Å². The standard InChI is InChI=1S/C62H42N2O/c1-5-18-43(19-6-1)46-24-17-29-52(38-46)64(50-27-11-4-12-28-50)59-41-53(42-61-62(59)58-39-47-22-13-14-23-48(47)40-60(58)65-61)63(49-25-9-3-10-26-49)51-34-32-45(33-35-51)55-37-36-54(44-20-7-2-8-21-44)56-30-15-16-31-57(55)56/h1-42H. The second-order valence-electron chi connectivity index (χ2n) is 16.5. The van der Waals surface area contributed by atoms with Crippen LogP contribution in [0.25, 0.3) is 76.9 Å². The van der Waals surface area contributed by atoms with Gasteiger partial charge in [0.15, 0.2) is 0 Å². The molecule has 0 aliphatic heterocycles. The van der Waals surface area contributed by atoms with Gasteiger partial charge in [-0.15, -0.1) is 0 Å². The van der Waals surface area contributed by atoms with Gasteiger partial charge < -0.3 is 14.2 Å². The minimum atomic E-state index is 0.811. The average Bonchev–Trinajstić information content (AvgIpc) is 3.74. The van der Waals surface area contributed by atoms with E-state index in [1.165, 1.54) is 38.4 Å². The van der Waals surface area contributed by atoms with Crippen LogP contribution in [0.5, 0.6) is 0 Å². The summed E-state index contributed by atoms with van der Waals surface area (Å²) < 4.78 is 6.98. The molecule has 0 unspecified atom stereocenters. The Morgan fingerprint density at radius 1 is 0.262 bits per heavy atom. The molecule has 1 aromatic heterocycles. The molecule has 0 radical (unpaired) electrons. The number of anilines is 6. The van der Waals surface area contributed by atoms with Crippen LogP contribution in [0.4, 0.5) is 34.1 Å². The molecular weight excluding hydrogens is 789 g/mol. The van der Waals surface area contributed by atoms with E-state index in [2.05, 4.69) is 265 Å². The predicted molar refractivity (Wildman–Crippen MR) is 274 cm³/mol. The molecule has 12 rings (SSSR count). The van der Waals surface area contributed by atoms with Crippen LogP contribution in [0.1, 0.15) is 0 Å². The first kappa shape index (κ1) is 38.0. The zero-order valence-electron chi connectivity index (χ0n) is 35.6. The molecule has 0 saturated carbocycles. The van der Waals surface area contributed by atoms with Crippen molar-refractivity contribution < 1.29 is 4.42 Å². The van der Waals surface area contributed by atoms with Crippen molar-refractivity contribution in [2.45, 2.75) is 0 Å². The number of hydrogen-bond acceptors (Lipinski definition) is 3. The maximum Gasteiger partial charge on any atom is 0.139 e. The van der Waals surface area contributed by atoms with Gasteiger partial charge in [0.25, 0.3) is 0 Å². The van der Waals surface area contributed by atoms with Crippen LogP contribution in [0.3, 0.4) is 0 Å². The monoisotopic (exact) mass is 830 g/mol. The van der Waals surface area contributed by atoms with Crippen LogP contribution in [-0.4, -0.2) is 0 Å². The van der Waals surface area contributed by atoms with Gasteiger partial charge in [-0.25, -0.2) is 0 Å². The van der Waals surface area contributed by atoms with E-state index < -0.39 is 0 Å². The molecule has 11 aromatic carbocycles. The predicted octanol–water partition coefficient (Wildman–Crippen LogP) is 17.8. The third-order valence-corrected chi connectivity index (χ3v) is 12.6. The van der Waals surface area contributed by atoms with Crippen LogP contribution < -0.4 is 9.80 Å². The molecule has 0 aliphatic rings. The topological polar surface area (TPSA) is 19.6 Å². The molecule has 3 heteroatoms. The highest BCUT2D eigenvalue weighted by Gasteiger charge is 2.24. The van der Waals surface area contributed by atoms with Crippen molar-refractivity contribution in [1.82, 2.24) is 0 Å². The van der Waals surface area contributed by atoms with Crippen molar-refractivity contribution in [2.75, 3.05) is 9.80 Å². The average molecular weight is 831 g/mol. The van der Waals surface area contributed by atoms with Crippen LogP contribution in [-0.2, 0) is 0 Å². The van der Waals surface area contributed by atoms with Crippen LogP contribution >= 0.6 is 0 Å². The summed E-state index contributed by atoms with van der Waals surface area (Å²) in [6.45, 7) is 0. The van der Waals surface area contributed by atoms with Crippen molar-refractivity contribution in [3.05, 3.63) is 255 Å². The lowest BCUT2D eigenvalue weighted by molar-refractivity contribution is 0.669. The maximum absolute atomic E-state index is 6.98. The summed E-state index contributed by atoms with van der Waals surface area (Å²) in [4.78, 5) is 4.73. The molecule has 0 saturated heterocycles. The van der Waals surface area contributed by atoms with E-state index in [-0.39, 0.29) is 0 Å². The Labute approximate surface area is 378 Å². The number of hydrogen-bond donors (Lipinski definition) is 0. The highest BCUT2D eigenvalue weighted by atomic mass is 16.3. The van der Waals surface area contributed by atoms with Gasteiger partial charge in [0.2, 0.25) is 0 Å². The van der Waals surface area contributed by atoms with E-state index in [1.54, 1.807) is 0 Å². The smallest absolute Gasteiger partial charge is 0.139 e. The molecule has 0 spiro atoms. The SMILES string of the molecule is c1ccc(-c2cccc(N(c3ccccc3)c3cc(N(c4ccccc4)c4ccc(-c5ccc(-c6ccccc6)c6ccccc56)cc4)cc4oc5cc6ccccc6cc5c34)c2)cc1. The van der Waals surface area contributed by atoms with Gasteiger partial charge in [0.05, 0.1) is 16.8 Å². The van der Waals surface area contributed by atoms with E-state index >= 15 is 0 Å². The zero-order chi connectivity index (χ0) is 43.1. The lowest BCUT2D eigenvalue weighted by Gasteiger charge is -2.30. The third kappa shape index (κ3) is 6.97. The summed E-state index contributed by atoms with van der Waals surface area (Å²) >= 11 is 0. The van der Waals surface area contributed by atoms with E-state index in [9.17, 15) is 0 Å². The Morgan fingerprint density at radius 3 is 1.40 bits per heavy atom. The molecule has 306 valence electrons. The molecule has 0 bridgehead atoms. The summed E-state index contributed by atoms with van der Waals surface area (Å²) in [5, 5.41) is 6.90. The summed E-state index contributed by atoms with van der Waals surface area (Å²) in [6, 6.07) is 91.3. The van der Waals surface area contributed by atoms with Gasteiger partial charge in [-0.3, -0.25) is 0 Å². The fourth-order valence-electron chi connectivity index (χ4n) is 9.55. The number of benzene rings is 11. The van der Waals surface area contributed by atoms with Crippen LogP contribution in [0, 0.1) is 0 Å². The minimum absolute atomic E-state index is 0.811. The number of para-hydroxylation sites is 2. The fourth-order valence-corrected chi connectivity index (χ4v) is 9.55. The van der Waals surface area contributed by atoms with Crippen molar-refractivity contribution in [1.29, 1.82) is 0 Å². The van der Waals surface area contributed by atoms with E-state index in [1.807, 2.05) is 0 Å².